The number of thiazole rings is 1. The van der Waals surface area contributed by atoms with Gasteiger partial charge in [0.25, 0.3) is 0 Å². The molecule has 0 bridgehead atoms. The normalized spacial score (nSPS) is 11.5. The van der Waals surface area contributed by atoms with E-state index in [2.05, 4.69) is 15.0 Å². The van der Waals surface area contributed by atoms with Crippen molar-refractivity contribution < 1.29 is 27.4 Å². The molecule has 0 radical (unpaired) electrons. The van der Waals surface area contributed by atoms with Crippen LogP contribution in [-0.2, 0) is 16.1 Å². The van der Waals surface area contributed by atoms with Crippen LogP contribution in [0.15, 0.2) is 48.5 Å². The minimum absolute atomic E-state index is 0.198. The Labute approximate surface area is 150 Å². The number of nitrogens with zero attached hydrogens (tertiary/aromatic N) is 1. The molecule has 1 amide bonds. The zero-order valence-electron chi connectivity index (χ0n) is 13.2. The van der Waals surface area contributed by atoms with E-state index in [1.165, 1.54) is 23.5 Å². The molecule has 136 valence electrons. The smallest absolute Gasteiger partial charge is 0.406 e. The number of carbonyl (C=O) groups is 1. The third kappa shape index (κ3) is 5.17. The van der Waals surface area contributed by atoms with E-state index < -0.39 is 12.3 Å². The van der Waals surface area contributed by atoms with Gasteiger partial charge < -0.3 is 14.8 Å². The largest absolute Gasteiger partial charge is 0.573 e. The number of nitrogens with one attached hydrogen (secondary N) is 1. The molecule has 3 rings (SSSR count). The molecule has 1 heterocycles. The molecule has 0 spiro atoms. The first-order valence-electron chi connectivity index (χ1n) is 7.47. The molecule has 2 aromatic carbocycles. The van der Waals surface area contributed by atoms with Crippen LogP contribution in [0.3, 0.4) is 0 Å². The summed E-state index contributed by atoms with van der Waals surface area (Å²) in [4.78, 5) is 16.2. The summed E-state index contributed by atoms with van der Waals surface area (Å²) in [5.41, 5.74) is 1.22. The first-order chi connectivity index (χ1) is 12.4. The van der Waals surface area contributed by atoms with E-state index in [4.69, 9.17) is 4.74 Å². The number of hydrogen-bond acceptors (Lipinski definition) is 5. The van der Waals surface area contributed by atoms with Crippen LogP contribution >= 0.6 is 11.3 Å². The van der Waals surface area contributed by atoms with Crippen molar-refractivity contribution in [3.05, 3.63) is 53.5 Å². The highest BCUT2D eigenvalue weighted by Crippen LogP contribution is 2.24. The van der Waals surface area contributed by atoms with Crippen molar-refractivity contribution >= 4 is 33.1 Å². The van der Waals surface area contributed by atoms with Gasteiger partial charge in [0.15, 0.2) is 0 Å². The minimum Gasteiger partial charge on any atom is -0.406 e. The summed E-state index contributed by atoms with van der Waals surface area (Å²) in [6.07, 6.45) is -4.75. The van der Waals surface area contributed by atoms with Gasteiger partial charge in [0.05, 0.1) is 16.8 Å². The molecule has 1 aromatic heterocycles. The van der Waals surface area contributed by atoms with Gasteiger partial charge in [0.1, 0.15) is 17.4 Å². The molecule has 0 saturated carbocycles. The summed E-state index contributed by atoms with van der Waals surface area (Å²) in [5.74, 6) is -0.779. The predicted octanol–water partition coefficient (Wildman–Crippen LogP) is 4.35. The van der Waals surface area contributed by atoms with Gasteiger partial charge >= 0.3 is 6.36 Å². The molecule has 3 aromatic rings. The fourth-order valence-corrected chi connectivity index (χ4v) is 3.05. The second-order valence-corrected chi connectivity index (χ2v) is 6.30. The third-order valence-electron chi connectivity index (χ3n) is 3.17. The number of aromatic nitrogens is 1. The zero-order chi connectivity index (χ0) is 18.6. The number of fused-ring (bicyclic) bond motifs is 1. The molecule has 5 nitrogen and oxygen atoms in total. The van der Waals surface area contributed by atoms with E-state index in [0.29, 0.717) is 5.69 Å². The van der Waals surface area contributed by atoms with Crippen LogP contribution in [0.1, 0.15) is 5.01 Å². The van der Waals surface area contributed by atoms with Crippen molar-refractivity contribution in [1.82, 2.24) is 4.98 Å². The lowest BCUT2D eigenvalue weighted by Crippen LogP contribution is -2.18. The van der Waals surface area contributed by atoms with E-state index in [-0.39, 0.29) is 19.0 Å². The van der Waals surface area contributed by atoms with Crippen LogP contribution in [-0.4, -0.2) is 23.9 Å². The first kappa shape index (κ1) is 18.2. The van der Waals surface area contributed by atoms with Gasteiger partial charge in [0, 0.05) is 5.69 Å². The number of carbonyl (C=O) groups excluding carboxylic acids is 1. The van der Waals surface area contributed by atoms with Crippen LogP contribution in [0.2, 0.25) is 0 Å². The number of amides is 1. The van der Waals surface area contributed by atoms with E-state index in [9.17, 15) is 18.0 Å². The highest BCUT2D eigenvalue weighted by Gasteiger charge is 2.30. The fraction of sp³-hybridized carbons (Fsp3) is 0.176. The number of alkyl halides is 3. The van der Waals surface area contributed by atoms with Crippen molar-refractivity contribution in [2.24, 2.45) is 0 Å². The van der Waals surface area contributed by atoms with Gasteiger partial charge in [-0.25, -0.2) is 4.98 Å². The van der Waals surface area contributed by atoms with Gasteiger partial charge in [-0.3, -0.25) is 4.79 Å². The molecular formula is C17H13F3N2O3S. The first-order valence-corrected chi connectivity index (χ1v) is 8.28. The van der Waals surface area contributed by atoms with E-state index >= 15 is 0 Å². The monoisotopic (exact) mass is 382 g/mol. The second-order valence-electron chi connectivity index (χ2n) is 5.19. The third-order valence-corrected chi connectivity index (χ3v) is 4.18. The van der Waals surface area contributed by atoms with Gasteiger partial charge in [-0.15, -0.1) is 24.5 Å². The maximum Gasteiger partial charge on any atom is 0.573 e. The summed E-state index contributed by atoms with van der Waals surface area (Å²) in [6.45, 7) is 0.00184. The van der Waals surface area contributed by atoms with Crippen LogP contribution in [0.5, 0.6) is 5.75 Å². The van der Waals surface area contributed by atoms with Crippen LogP contribution < -0.4 is 10.1 Å². The number of benzene rings is 2. The summed E-state index contributed by atoms with van der Waals surface area (Å²) in [5, 5.41) is 3.28. The Morgan fingerprint density at radius 1 is 1.12 bits per heavy atom. The van der Waals surface area contributed by atoms with Crippen molar-refractivity contribution in [2.45, 2.75) is 13.0 Å². The highest BCUT2D eigenvalue weighted by atomic mass is 32.1. The molecule has 26 heavy (non-hydrogen) atoms. The molecule has 0 atom stereocenters. The highest BCUT2D eigenvalue weighted by molar-refractivity contribution is 7.18. The number of halogens is 3. The zero-order valence-corrected chi connectivity index (χ0v) is 14.1. The molecular weight excluding hydrogens is 369 g/mol. The molecule has 0 fully saturated rings. The Bertz CT molecular complexity index is 861. The number of hydrogen-bond donors (Lipinski definition) is 1. The minimum atomic E-state index is -4.75. The Balaban J connectivity index is 1.46. The van der Waals surface area contributed by atoms with Crippen molar-refractivity contribution in [1.29, 1.82) is 0 Å². The van der Waals surface area contributed by atoms with Crippen LogP contribution in [0, 0.1) is 0 Å². The molecule has 0 aliphatic rings. The Morgan fingerprint density at radius 2 is 1.85 bits per heavy atom. The van der Waals surface area contributed by atoms with Gasteiger partial charge in [-0.05, 0) is 36.4 Å². The predicted molar refractivity (Wildman–Crippen MR) is 91.0 cm³/mol. The number of rotatable bonds is 6. The maximum absolute atomic E-state index is 12.1. The molecule has 0 aliphatic carbocycles. The summed E-state index contributed by atoms with van der Waals surface area (Å²) < 4.78 is 46.4. The Hall–Kier alpha value is -2.65. The maximum atomic E-state index is 12.1. The van der Waals surface area contributed by atoms with Crippen LogP contribution in [0.4, 0.5) is 18.9 Å². The summed E-state index contributed by atoms with van der Waals surface area (Å²) >= 11 is 1.49. The summed E-state index contributed by atoms with van der Waals surface area (Å²) in [7, 11) is 0. The van der Waals surface area contributed by atoms with E-state index in [1.807, 2.05) is 24.3 Å². The molecule has 9 heteroatoms. The van der Waals surface area contributed by atoms with Gasteiger partial charge in [-0.1, -0.05) is 12.1 Å². The number of anilines is 1. The average Bonchev–Trinajstić information content (AvgIpc) is 2.98. The lowest BCUT2D eigenvalue weighted by molar-refractivity contribution is -0.274. The molecule has 0 aliphatic heterocycles. The standard InChI is InChI=1S/C17H13F3N2O3S/c18-17(19,20)25-12-7-5-11(6-8-12)21-15(23)9-24-10-16-22-13-3-1-2-4-14(13)26-16/h1-8H,9-10H2,(H,21,23). The van der Waals surface area contributed by atoms with Crippen LogP contribution in [0.25, 0.3) is 10.2 Å². The lowest BCUT2D eigenvalue weighted by Gasteiger charge is -2.10. The molecule has 0 saturated heterocycles. The summed E-state index contributed by atoms with van der Waals surface area (Å²) in [6, 6.07) is 12.5. The fourth-order valence-electron chi connectivity index (χ4n) is 2.15. The number of para-hydroxylation sites is 1. The lowest BCUT2D eigenvalue weighted by atomic mass is 10.3. The van der Waals surface area contributed by atoms with Gasteiger partial charge in [-0.2, -0.15) is 0 Å². The van der Waals surface area contributed by atoms with Gasteiger partial charge in [0.2, 0.25) is 5.91 Å². The average molecular weight is 382 g/mol. The number of ether oxygens (including phenoxy) is 2. The Morgan fingerprint density at radius 3 is 2.54 bits per heavy atom. The van der Waals surface area contributed by atoms with Crippen molar-refractivity contribution in [3.8, 4) is 5.75 Å². The SMILES string of the molecule is O=C(COCc1nc2ccccc2s1)Nc1ccc(OC(F)(F)F)cc1. The van der Waals surface area contributed by atoms with E-state index in [1.54, 1.807) is 0 Å². The van der Waals surface area contributed by atoms with Crippen molar-refractivity contribution in [3.63, 3.8) is 0 Å². The molecule has 0 unspecified atom stereocenters. The second kappa shape index (κ2) is 7.71. The topological polar surface area (TPSA) is 60.5 Å². The quantitative estimate of drug-likeness (QED) is 0.689. The Kier molecular flexibility index (Phi) is 5.38. The van der Waals surface area contributed by atoms with Crippen molar-refractivity contribution in [2.75, 3.05) is 11.9 Å². The van der Waals surface area contributed by atoms with E-state index in [0.717, 1.165) is 27.4 Å². The molecule has 1 N–H and O–H groups in total.